The van der Waals surface area contributed by atoms with E-state index in [1.165, 1.54) is 14.2 Å². The fraction of sp³-hybridized carbons (Fsp3) is 0.429. The van der Waals surface area contributed by atoms with Gasteiger partial charge in [0.2, 0.25) is 0 Å². The molecular formula is C14H20O10Zn. The van der Waals surface area contributed by atoms with Gasteiger partial charge in [-0.15, -0.1) is 0 Å². The Morgan fingerprint density at radius 3 is 1.24 bits per heavy atom. The van der Waals surface area contributed by atoms with E-state index in [1.54, 1.807) is 0 Å². The van der Waals surface area contributed by atoms with Crippen molar-refractivity contribution in [2.75, 3.05) is 40.6 Å². The molecule has 0 bridgehead atoms. The second kappa shape index (κ2) is 19.9. The molecule has 0 aliphatic carbocycles. The number of carboxylic acid groups (broad SMARTS) is 2. The van der Waals surface area contributed by atoms with E-state index in [9.17, 15) is 19.2 Å². The zero-order valence-corrected chi connectivity index (χ0v) is 17.0. The first-order valence-corrected chi connectivity index (χ1v) is 6.46. The van der Waals surface area contributed by atoms with E-state index in [1.807, 2.05) is 0 Å². The molecule has 0 saturated carbocycles. The molecule has 0 spiro atoms. The molecule has 0 radical (unpaired) electrons. The average molecular weight is 414 g/mol. The van der Waals surface area contributed by atoms with Crippen LogP contribution in [0.5, 0.6) is 0 Å². The molecule has 0 rings (SSSR count). The van der Waals surface area contributed by atoms with Gasteiger partial charge in [-0.05, 0) is 0 Å². The van der Waals surface area contributed by atoms with Gasteiger partial charge in [0.15, 0.2) is 0 Å². The Balaban J connectivity index is -0.000000372. The summed E-state index contributed by atoms with van der Waals surface area (Å²) in [6, 6.07) is 0. The first kappa shape index (κ1) is 27.7. The Hall–Kier alpha value is -2.10. The summed E-state index contributed by atoms with van der Waals surface area (Å²) >= 11 is 0. The van der Waals surface area contributed by atoms with Crippen LogP contribution in [-0.2, 0) is 57.6 Å². The molecule has 0 aliphatic rings. The monoisotopic (exact) mass is 412 g/mol. The van der Waals surface area contributed by atoms with Gasteiger partial charge in [-0.3, -0.25) is 0 Å². The molecule has 0 aliphatic heterocycles. The number of methoxy groups -OCH3 is 2. The molecule has 0 saturated heterocycles. The van der Waals surface area contributed by atoms with E-state index >= 15 is 0 Å². The maximum absolute atomic E-state index is 10.6. The first-order valence-electron chi connectivity index (χ1n) is 6.46. The number of ether oxygens (including phenoxy) is 4. The second-order valence-electron chi connectivity index (χ2n) is 3.66. The fourth-order valence-corrected chi connectivity index (χ4v) is 0.826. The zero-order chi connectivity index (χ0) is 18.8. The van der Waals surface area contributed by atoms with Crippen molar-refractivity contribution in [3.05, 3.63) is 24.3 Å². The molecule has 0 heterocycles. The van der Waals surface area contributed by atoms with Crippen LogP contribution in [0.2, 0.25) is 0 Å². The van der Waals surface area contributed by atoms with Gasteiger partial charge in [-0.25, -0.2) is 19.2 Å². The van der Waals surface area contributed by atoms with E-state index in [-0.39, 0.29) is 32.7 Å². The summed E-state index contributed by atoms with van der Waals surface area (Å²) in [4.78, 5) is 41.0. The molecular weight excluding hydrogens is 394 g/mol. The van der Waals surface area contributed by atoms with E-state index < -0.39 is 23.9 Å². The molecule has 0 fully saturated rings. The van der Waals surface area contributed by atoms with Crippen molar-refractivity contribution >= 4 is 23.9 Å². The molecule has 138 valence electrons. The van der Waals surface area contributed by atoms with Crippen molar-refractivity contribution in [2.24, 2.45) is 0 Å². The van der Waals surface area contributed by atoms with Gasteiger partial charge in [0, 0.05) is 58.0 Å². The van der Waals surface area contributed by atoms with Crippen LogP contribution in [-0.4, -0.2) is 74.7 Å². The SMILES string of the molecule is COCCOC(=O)C=CC(=O)O.COCCOC(=O)C=CC(=O)O.[Zn]. The summed E-state index contributed by atoms with van der Waals surface area (Å²) in [6.45, 7) is 0.845. The van der Waals surface area contributed by atoms with E-state index in [0.29, 0.717) is 13.2 Å². The number of carbonyl (C=O) groups is 4. The van der Waals surface area contributed by atoms with E-state index in [2.05, 4.69) is 18.9 Å². The van der Waals surface area contributed by atoms with Crippen LogP contribution in [0, 0.1) is 0 Å². The van der Waals surface area contributed by atoms with Crippen LogP contribution in [0.1, 0.15) is 0 Å². The van der Waals surface area contributed by atoms with Gasteiger partial charge in [0.25, 0.3) is 0 Å². The smallest absolute Gasteiger partial charge is 0.331 e. The van der Waals surface area contributed by atoms with Crippen LogP contribution >= 0.6 is 0 Å². The van der Waals surface area contributed by atoms with Crippen LogP contribution in [0.4, 0.5) is 0 Å². The predicted molar refractivity (Wildman–Crippen MR) is 79.2 cm³/mol. The molecule has 0 atom stereocenters. The topological polar surface area (TPSA) is 146 Å². The van der Waals surface area contributed by atoms with Crippen molar-refractivity contribution in [1.82, 2.24) is 0 Å². The number of carbonyl (C=O) groups excluding carboxylic acids is 2. The van der Waals surface area contributed by atoms with Crippen molar-refractivity contribution in [3.8, 4) is 0 Å². The number of carboxylic acids is 2. The average Bonchev–Trinajstić information content (AvgIpc) is 2.52. The van der Waals surface area contributed by atoms with Crippen LogP contribution in [0.3, 0.4) is 0 Å². The maximum atomic E-state index is 10.6. The van der Waals surface area contributed by atoms with Gasteiger partial charge in [-0.1, -0.05) is 0 Å². The Morgan fingerprint density at radius 2 is 1.00 bits per heavy atom. The summed E-state index contributed by atoms with van der Waals surface area (Å²) in [5.41, 5.74) is 0. The number of hydrogen-bond acceptors (Lipinski definition) is 8. The van der Waals surface area contributed by atoms with Crippen LogP contribution in [0.25, 0.3) is 0 Å². The Kier molecular flexibility index (Phi) is 22.1. The third-order valence-electron chi connectivity index (χ3n) is 1.79. The molecule has 0 aromatic heterocycles. The van der Waals surface area contributed by atoms with Crippen molar-refractivity contribution < 1.29 is 67.8 Å². The normalized spacial score (nSPS) is 9.68. The summed E-state index contributed by atoms with van der Waals surface area (Å²) in [6.07, 6.45) is 3.13. The Morgan fingerprint density at radius 1 is 0.680 bits per heavy atom. The molecule has 10 nitrogen and oxygen atoms in total. The minimum atomic E-state index is -1.18. The van der Waals surface area contributed by atoms with Gasteiger partial charge in [0.05, 0.1) is 13.2 Å². The number of aliphatic carboxylic acids is 2. The minimum Gasteiger partial charge on any atom is -0.478 e. The largest absolute Gasteiger partial charge is 0.478 e. The third-order valence-corrected chi connectivity index (χ3v) is 1.79. The molecule has 0 aromatic carbocycles. The van der Waals surface area contributed by atoms with Crippen LogP contribution < -0.4 is 0 Å². The van der Waals surface area contributed by atoms with Crippen molar-refractivity contribution in [2.45, 2.75) is 0 Å². The van der Waals surface area contributed by atoms with E-state index in [0.717, 1.165) is 24.3 Å². The summed E-state index contributed by atoms with van der Waals surface area (Å²) in [7, 11) is 2.95. The molecule has 0 unspecified atom stereocenters. The molecule has 0 amide bonds. The summed E-state index contributed by atoms with van der Waals surface area (Å²) in [5, 5.41) is 16.2. The summed E-state index contributed by atoms with van der Waals surface area (Å²) < 4.78 is 18.2. The fourth-order valence-electron chi connectivity index (χ4n) is 0.826. The number of hydrogen-bond donors (Lipinski definition) is 2. The van der Waals surface area contributed by atoms with Gasteiger partial charge >= 0.3 is 23.9 Å². The quantitative estimate of drug-likeness (QED) is 0.210. The number of esters is 2. The van der Waals surface area contributed by atoms with Crippen LogP contribution in [0.15, 0.2) is 24.3 Å². The first-order chi connectivity index (χ1) is 11.3. The minimum absolute atomic E-state index is 0. The molecule has 2 N–H and O–H groups in total. The second-order valence-corrected chi connectivity index (χ2v) is 3.66. The predicted octanol–water partition coefficient (Wildman–Crippen LogP) is -0.369. The maximum Gasteiger partial charge on any atom is 0.331 e. The molecule has 25 heavy (non-hydrogen) atoms. The Bertz CT molecular complexity index is 417. The van der Waals surface area contributed by atoms with Gasteiger partial charge in [-0.2, -0.15) is 0 Å². The molecule has 0 aromatic rings. The van der Waals surface area contributed by atoms with Gasteiger partial charge < -0.3 is 29.2 Å². The van der Waals surface area contributed by atoms with E-state index in [4.69, 9.17) is 10.2 Å². The standard InChI is InChI=1S/2C7H10O5.Zn/c2*1-11-4-5-12-7(10)3-2-6(8)9;/h2*2-3H,4-5H2,1H3,(H,8,9);. The Labute approximate surface area is 157 Å². The van der Waals surface area contributed by atoms with Gasteiger partial charge in [0.1, 0.15) is 13.2 Å². The third kappa shape index (κ3) is 27.1. The molecule has 11 heteroatoms. The zero-order valence-electron chi connectivity index (χ0n) is 14.0. The van der Waals surface area contributed by atoms with Crippen molar-refractivity contribution in [3.63, 3.8) is 0 Å². The summed E-state index contributed by atoms with van der Waals surface area (Å²) in [5.74, 6) is -3.73. The van der Waals surface area contributed by atoms with Crippen molar-refractivity contribution in [1.29, 1.82) is 0 Å². The number of rotatable bonds is 10.